The summed E-state index contributed by atoms with van der Waals surface area (Å²) in [5.41, 5.74) is 5.81. The third kappa shape index (κ3) is 3.89. The number of hydrogen-bond donors (Lipinski definition) is 2. The van der Waals surface area contributed by atoms with Crippen LogP contribution in [0.1, 0.15) is 15.5 Å². The Kier molecular flexibility index (Phi) is 5.28. The fourth-order valence-corrected chi connectivity index (χ4v) is 2.22. The third-order valence-electron chi connectivity index (χ3n) is 2.31. The van der Waals surface area contributed by atoms with Crippen LogP contribution in [0.25, 0.3) is 0 Å². The van der Waals surface area contributed by atoms with Gasteiger partial charge in [0.05, 0.1) is 6.54 Å². The summed E-state index contributed by atoms with van der Waals surface area (Å²) < 4.78 is 5.35. The van der Waals surface area contributed by atoms with Crippen molar-refractivity contribution in [3.8, 4) is 5.88 Å². The number of pyridine rings is 1. The summed E-state index contributed by atoms with van der Waals surface area (Å²) in [6, 6.07) is 3.40. The standard InChI is InChI=1S/C12H13ClN4O2S/c13-8-2-1-3-16-12(8)19-5-4-15-11(18)9-7-20-10(6-14)17-9/h1-3,7H,4-6,14H2,(H,15,18). The van der Waals surface area contributed by atoms with E-state index in [4.69, 9.17) is 22.1 Å². The highest BCUT2D eigenvalue weighted by Crippen LogP contribution is 2.19. The number of thiazole rings is 1. The molecule has 0 aliphatic rings. The molecule has 0 bridgehead atoms. The number of hydrogen-bond acceptors (Lipinski definition) is 6. The summed E-state index contributed by atoms with van der Waals surface area (Å²) in [5, 5.41) is 5.53. The second-order valence-electron chi connectivity index (χ2n) is 3.73. The van der Waals surface area contributed by atoms with E-state index in [-0.39, 0.29) is 12.5 Å². The Balaban J connectivity index is 1.76. The molecule has 6 nitrogen and oxygen atoms in total. The van der Waals surface area contributed by atoms with Crippen LogP contribution in [-0.4, -0.2) is 29.0 Å². The van der Waals surface area contributed by atoms with Crippen LogP contribution in [-0.2, 0) is 6.54 Å². The molecule has 0 atom stereocenters. The topological polar surface area (TPSA) is 90.1 Å². The van der Waals surface area contributed by atoms with E-state index in [0.29, 0.717) is 29.7 Å². The molecule has 0 aromatic carbocycles. The molecule has 1 amide bonds. The average molecular weight is 313 g/mol. The van der Waals surface area contributed by atoms with Crippen molar-refractivity contribution in [3.63, 3.8) is 0 Å². The van der Waals surface area contributed by atoms with E-state index < -0.39 is 0 Å². The molecule has 0 saturated heterocycles. The fourth-order valence-electron chi connectivity index (χ4n) is 1.39. The highest BCUT2D eigenvalue weighted by molar-refractivity contribution is 7.09. The minimum atomic E-state index is -0.253. The predicted octanol–water partition coefficient (Wildman–Crippen LogP) is 1.46. The van der Waals surface area contributed by atoms with Crippen LogP contribution in [0.5, 0.6) is 5.88 Å². The summed E-state index contributed by atoms with van der Waals surface area (Å²) in [6.07, 6.45) is 1.59. The van der Waals surface area contributed by atoms with E-state index in [1.165, 1.54) is 11.3 Å². The van der Waals surface area contributed by atoms with Gasteiger partial charge in [-0.1, -0.05) is 11.6 Å². The Morgan fingerprint density at radius 1 is 1.55 bits per heavy atom. The van der Waals surface area contributed by atoms with Crippen LogP contribution in [0.4, 0.5) is 0 Å². The number of carbonyl (C=O) groups excluding carboxylic acids is 1. The molecule has 0 saturated carbocycles. The summed E-state index contributed by atoms with van der Waals surface area (Å²) in [5.74, 6) is 0.0964. The van der Waals surface area contributed by atoms with Crippen LogP contribution >= 0.6 is 22.9 Å². The van der Waals surface area contributed by atoms with Crippen LogP contribution < -0.4 is 15.8 Å². The molecular formula is C12H13ClN4O2S. The van der Waals surface area contributed by atoms with Gasteiger partial charge in [0, 0.05) is 18.1 Å². The number of aromatic nitrogens is 2. The Hall–Kier alpha value is -1.70. The summed E-state index contributed by atoms with van der Waals surface area (Å²) in [4.78, 5) is 19.8. The van der Waals surface area contributed by atoms with E-state index in [1.54, 1.807) is 23.7 Å². The zero-order chi connectivity index (χ0) is 14.4. The van der Waals surface area contributed by atoms with E-state index in [9.17, 15) is 4.79 Å². The Labute approximate surface area is 124 Å². The second kappa shape index (κ2) is 7.18. The first kappa shape index (κ1) is 14.7. The van der Waals surface area contributed by atoms with Gasteiger partial charge in [-0.25, -0.2) is 9.97 Å². The van der Waals surface area contributed by atoms with Crippen molar-refractivity contribution in [1.29, 1.82) is 0 Å². The third-order valence-corrected chi connectivity index (χ3v) is 3.47. The van der Waals surface area contributed by atoms with Crippen molar-refractivity contribution in [1.82, 2.24) is 15.3 Å². The van der Waals surface area contributed by atoms with Gasteiger partial charge in [-0.15, -0.1) is 11.3 Å². The number of amides is 1. The molecule has 0 spiro atoms. The number of ether oxygens (including phenoxy) is 1. The first-order chi connectivity index (χ1) is 9.70. The molecule has 0 unspecified atom stereocenters. The van der Waals surface area contributed by atoms with Gasteiger partial charge in [0.15, 0.2) is 0 Å². The molecule has 0 aliphatic carbocycles. The highest BCUT2D eigenvalue weighted by Gasteiger charge is 2.09. The molecule has 2 heterocycles. The minimum absolute atomic E-state index is 0.253. The predicted molar refractivity (Wildman–Crippen MR) is 77.1 cm³/mol. The maximum Gasteiger partial charge on any atom is 0.270 e. The van der Waals surface area contributed by atoms with Crippen molar-refractivity contribution in [2.45, 2.75) is 6.54 Å². The lowest BCUT2D eigenvalue weighted by Gasteiger charge is -2.07. The minimum Gasteiger partial charge on any atom is -0.475 e. The van der Waals surface area contributed by atoms with Crippen molar-refractivity contribution < 1.29 is 9.53 Å². The van der Waals surface area contributed by atoms with Gasteiger partial charge in [-0.3, -0.25) is 4.79 Å². The van der Waals surface area contributed by atoms with Crippen LogP contribution in [0, 0.1) is 0 Å². The Bertz CT molecular complexity index is 590. The molecule has 2 aromatic rings. The molecule has 8 heteroatoms. The number of carbonyl (C=O) groups is 1. The van der Waals surface area contributed by atoms with Gasteiger partial charge in [0.1, 0.15) is 22.3 Å². The molecule has 0 radical (unpaired) electrons. The van der Waals surface area contributed by atoms with Gasteiger partial charge < -0.3 is 15.8 Å². The van der Waals surface area contributed by atoms with Crippen molar-refractivity contribution in [2.75, 3.05) is 13.2 Å². The number of nitrogens with one attached hydrogen (secondary N) is 1. The summed E-state index contributed by atoms with van der Waals surface area (Å²) in [7, 11) is 0. The number of nitrogens with two attached hydrogens (primary N) is 1. The van der Waals surface area contributed by atoms with Gasteiger partial charge in [-0.2, -0.15) is 0 Å². The monoisotopic (exact) mass is 312 g/mol. The lowest BCUT2D eigenvalue weighted by Crippen LogP contribution is -2.28. The van der Waals surface area contributed by atoms with Crippen molar-refractivity contribution in [2.24, 2.45) is 5.73 Å². The zero-order valence-corrected chi connectivity index (χ0v) is 12.1. The molecule has 20 heavy (non-hydrogen) atoms. The summed E-state index contributed by atoms with van der Waals surface area (Å²) >= 11 is 7.25. The zero-order valence-electron chi connectivity index (χ0n) is 10.5. The second-order valence-corrected chi connectivity index (χ2v) is 5.08. The van der Waals surface area contributed by atoms with Crippen molar-refractivity contribution in [3.05, 3.63) is 39.4 Å². The van der Waals surface area contributed by atoms with Gasteiger partial charge in [-0.05, 0) is 12.1 Å². The fraction of sp³-hybridized carbons (Fsp3) is 0.250. The van der Waals surface area contributed by atoms with E-state index in [2.05, 4.69) is 15.3 Å². The molecule has 0 aliphatic heterocycles. The van der Waals surface area contributed by atoms with E-state index in [0.717, 1.165) is 5.01 Å². The smallest absolute Gasteiger partial charge is 0.270 e. The molecule has 0 fully saturated rings. The molecule has 2 aromatic heterocycles. The van der Waals surface area contributed by atoms with Crippen LogP contribution in [0.2, 0.25) is 5.02 Å². The molecule has 2 rings (SSSR count). The first-order valence-electron chi connectivity index (χ1n) is 5.86. The lowest BCUT2D eigenvalue weighted by atomic mass is 10.4. The maximum atomic E-state index is 11.7. The van der Waals surface area contributed by atoms with Gasteiger partial charge in [0.2, 0.25) is 5.88 Å². The van der Waals surface area contributed by atoms with Crippen molar-refractivity contribution >= 4 is 28.8 Å². The Morgan fingerprint density at radius 2 is 2.40 bits per heavy atom. The number of rotatable bonds is 6. The normalized spacial score (nSPS) is 10.3. The quantitative estimate of drug-likeness (QED) is 0.788. The Morgan fingerprint density at radius 3 is 3.10 bits per heavy atom. The lowest BCUT2D eigenvalue weighted by molar-refractivity contribution is 0.0942. The molecular weight excluding hydrogens is 300 g/mol. The first-order valence-corrected chi connectivity index (χ1v) is 7.12. The maximum absolute atomic E-state index is 11.7. The van der Waals surface area contributed by atoms with Gasteiger partial charge in [0.25, 0.3) is 5.91 Å². The molecule has 3 N–H and O–H groups in total. The largest absolute Gasteiger partial charge is 0.475 e. The number of nitrogens with zero attached hydrogens (tertiary/aromatic N) is 2. The van der Waals surface area contributed by atoms with Gasteiger partial charge >= 0.3 is 0 Å². The van der Waals surface area contributed by atoms with E-state index in [1.807, 2.05) is 0 Å². The molecule has 106 valence electrons. The van der Waals surface area contributed by atoms with Crippen LogP contribution in [0.3, 0.4) is 0 Å². The van der Waals surface area contributed by atoms with Crippen LogP contribution in [0.15, 0.2) is 23.7 Å². The highest BCUT2D eigenvalue weighted by atomic mass is 35.5. The SMILES string of the molecule is NCc1nc(C(=O)NCCOc2ncccc2Cl)cs1. The number of halogens is 1. The summed E-state index contributed by atoms with van der Waals surface area (Å²) in [6.45, 7) is 0.941. The van der Waals surface area contributed by atoms with E-state index >= 15 is 0 Å². The average Bonchev–Trinajstić information content (AvgIpc) is 2.94.